The largest absolute Gasteiger partial charge is 0.351 e. The molecule has 5 nitrogen and oxygen atoms in total. The van der Waals surface area contributed by atoms with Gasteiger partial charge in [-0.1, -0.05) is 60.1 Å². The van der Waals surface area contributed by atoms with Crippen LogP contribution in [0.15, 0.2) is 83.0 Å². The van der Waals surface area contributed by atoms with Crippen molar-refractivity contribution in [3.8, 4) is 11.4 Å². The minimum atomic E-state index is -0.449. The number of nitrogens with zero attached hydrogens (tertiary/aromatic N) is 3. The number of aryl methyl sites for hydroxylation is 2. The third kappa shape index (κ3) is 4.47. The highest BCUT2D eigenvalue weighted by atomic mass is 32.1. The Kier molecular flexibility index (Phi) is 6.17. The summed E-state index contributed by atoms with van der Waals surface area (Å²) in [6.07, 6.45) is 0.953. The van der Waals surface area contributed by atoms with Crippen molar-refractivity contribution in [2.75, 3.05) is 4.90 Å². The van der Waals surface area contributed by atoms with Crippen molar-refractivity contribution in [3.63, 3.8) is 0 Å². The van der Waals surface area contributed by atoms with Crippen molar-refractivity contribution in [2.24, 2.45) is 0 Å². The first-order valence-corrected chi connectivity index (χ1v) is 11.9. The standard InChI is InChI=1S/C28H25FN4OS/c1-4-19-11-13-23(14-12-19)33-18(3)24(25(30-28(33)35)20-8-6-10-22(29)16-20)27-31-26(32-34-27)21-9-5-7-17(2)15-21/h5-16,25H,4H2,1-3H3,(H,30,35). The van der Waals surface area contributed by atoms with E-state index in [2.05, 4.69) is 29.5 Å². The van der Waals surface area contributed by atoms with Gasteiger partial charge in [0.1, 0.15) is 5.82 Å². The molecule has 35 heavy (non-hydrogen) atoms. The number of anilines is 1. The lowest BCUT2D eigenvalue weighted by atomic mass is 9.94. The zero-order valence-electron chi connectivity index (χ0n) is 19.7. The quantitative estimate of drug-likeness (QED) is 0.322. The summed E-state index contributed by atoms with van der Waals surface area (Å²) in [6, 6.07) is 22.2. The first-order valence-electron chi connectivity index (χ1n) is 11.5. The molecule has 0 amide bonds. The molecule has 0 spiro atoms. The molecule has 2 heterocycles. The molecule has 3 aromatic carbocycles. The molecule has 0 bridgehead atoms. The summed E-state index contributed by atoms with van der Waals surface area (Å²) in [7, 11) is 0. The molecule has 1 atom stereocenters. The molecule has 1 aliphatic rings. The average Bonchev–Trinajstić information content (AvgIpc) is 3.34. The Hall–Kier alpha value is -3.84. The lowest BCUT2D eigenvalue weighted by Crippen LogP contribution is -2.46. The maximum Gasteiger partial charge on any atom is 0.258 e. The van der Waals surface area contributed by atoms with Gasteiger partial charge in [0.15, 0.2) is 5.11 Å². The van der Waals surface area contributed by atoms with Crippen LogP contribution < -0.4 is 10.2 Å². The Morgan fingerprint density at radius 2 is 1.80 bits per heavy atom. The Morgan fingerprint density at radius 1 is 1.03 bits per heavy atom. The Labute approximate surface area is 209 Å². The van der Waals surface area contributed by atoms with Gasteiger partial charge in [0.2, 0.25) is 5.82 Å². The topological polar surface area (TPSA) is 54.2 Å². The maximum atomic E-state index is 14.2. The van der Waals surface area contributed by atoms with Crippen LogP contribution in [0, 0.1) is 12.7 Å². The smallest absolute Gasteiger partial charge is 0.258 e. The van der Waals surface area contributed by atoms with Crippen molar-refractivity contribution in [1.29, 1.82) is 0 Å². The highest BCUT2D eigenvalue weighted by Gasteiger charge is 2.35. The van der Waals surface area contributed by atoms with Crippen LogP contribution in [-0.4, -0.2) is 15.3 Å². The lowest BCUT2D eigenvalue weighted by Gasteiger charge is -2.37. The van der Waals surface area contributed by atoms with Crippen molar-refractivity contribution < 1.29 is 8.91 Å². The van der Waals surface area contributed by atoms with E-state index in [0.29, 0.717) is 16.8 Å². The highest BCUT2D eigenvalue weighted by molar-refractivity contribution is 7.80. The van der Waals surface area contributed by atoms with E-state index in [4.69, 9.17) is 21.7 Å². The summed E-state index contributed by atoms with van der Waals surface area (Å²) in [5, 5.41) is 8.14. The summed E-state index contributed by atoms with van der Waals surface area (Å²) in [5.74, 6) is 0.531. The van der Waals surface area contributed by atoms with Gasteiger partial charge in [-0.25, -0.2) is 4.39 Å². The van der Waals surface area contributed by atoms with E-state index < -0.39 is 6.04 Å². The second-order valence-corrected chi connectivity index (χ2v) is 8.97. The number of halogens is 1. The van der Waals surface area contributed by atoms with E-state index >= 15 is 0 Å². The van der Waals surface area contributed by atoms with Gasteiger partial charge in [0.05, 0.1) is 11.6 Å². The fourth-order valence-corrected chi connectivity index (χ4v) is 4.74. The SMILES string of the molecule is CCc1ccc(N2C(=S)NC(c3cccc(F)c3)C(c3nc(-c4cccc(C)c4)no3)=C2C)cc1. The molecule has 5 rings (SSSR count). The van der Waals surface area contributed by atoms with Crippen LogP contribution in [0.3, 0.4) is 0 Å². The minimum absolute atomic E-state index is 0.323. The third-order valence-electron chi connectivity index (χ3n) is 6.20. The van der Waals surface area contributed by atoms with E-state index in [-0.39, 0.29) is 5.82 Å². The fraction of sp³-hybridized carbons (Fsp3) is 0.179. The second-order valence-electron chi connectivity index (χ2n) is 8.58. The third-order valence-corrected chi connectivity index (χ3v) is 6.50. The predicted molar refractivity (Wildman–Crippen MR) is 140 cm³/mol. The summed E-state index contributed by atoms with van der Waals surface area (Å²) in [4.78, 5) is 6.69. The normalized spacial score (nSPS) is 15.9. The molecular weight excluding hydrogens is 459 g/mol. The van der Waals surface area contributed by atoms with Gasteiger partial charge >= 0.3 is 0 Å². The number of thiocarbonyl (C=S) groups is 1. The molecule has 176 valence electrons. The highest BCUT2D eigenvalue weighted by Crippen LogP contribution is 2.39. The zero-order valence-corrected chi connectivity index (χ0v) is 20.6. The van der Waals surface area contributed by atoms with E-state index in [1.807, 2.05) is 61.2 Å². The average molecular weight is 485 g/mol. The minimum Gasteiger partial charge on any atom is -0.351 e. The van der Waals surface area contributed by atoms with Crippen LogP contribution >= 0.6 is 12.2 Å². The molecule has 1 unspecified atom stereocenters. The number of hydrogen-bond donors (Lipinski definition) is 1. The maximum absolute atomic E-state index is 14.2. The van der Waals surface area contributed by atoms with Crippen molar-refractivity contribution in [3.05, 3.63) is 107 Å². The predicted octanol–water partition coefficient (Wildman–Crippen LogP) is 6.61. The van der Waals surface area contributed by atoms with Gasteiger partial charge in [0, 0.05) is 16.9 Å². The van der Waals surface area contributed by atoms with E-state index in [1.165, 1.54) is 17.7 Å². The summed E-state index contributed by atoms with van der Waals surface area (Å²) in [6.45, 7) is 6.11. The molecule has 0 radical (unpaired) electrons. The summed E-state index contributed by atoms with van der Waals surface area (Å²) in [5.41, 5.74) is 6.44. The Balaban J connectivity index is 1.65. The summed E-state index contributed by atoms with van der Waals surface area (Å²) < 4.78 is 20.0. The number of rotatable bonds is 5. The van der Waals surface area contributed by atoms with Gasteiger partial charge in [-0.05, 0) is 73.9 Å². The van der Waals surface area contributed by atoms with Crippen molar-refractivity contribution in [1.82, 2.24) is 15.5 Å². The first-order chi connectivity index (χ1) is 16.9. The molecule has 0 saturated carbocycles. The number of hydrogen-bond acceptors (Lipinski definition) is 4. The number of allylic oxidation sites excluding steroid dienone is 1. The van der Waals surface area contributed by atoms with Crippen LogP contribution in [0.25, 0.3) is 17.0 Å². The van der Waals surface area contributed by atoms with Crippen LogP contribution in [0.1, 0.15) is 42.5 Å². The van der Waals surface area contributed by atoms with Crippen LogP contribution in [0.4, 0.5) is 10.1 Å². The van der Waals surface area contributed by atoms with Crippen LogP contribution in [0.5, 0.6) is 0 Å². The Morgan fingerprint density at radius 3 is 2.51 bits per heavy atom. The van der Waals surface area contributed by atoms with Crippen molar-refractivity contribution >= 4 is 28.6 Å². The van der Waals surface area contributed by atoms with Gasteiger partial charge < -0.3 is 9.84 Å². The summed E-state index contributed by atoms with van der Waals surface area (Å²) >= 11 is 5.78. The first kappa shape index (κ1) is 22.9. The van der Waals surface area contributed by atoms with E-state index in [1.54, 1.807) is 6.07 Å². The van der Waals surface area contributed by atoms with Gasteiger partial charge in [-0.15, -0.1) is 0 Å². The van der Waals surface area contributed by atoms with Crippen LogP contribution in [0.2, 0.25) is 0 Å². The van der Waals surface area contributed by atoms with Crippen LogP contribution in [-0.2, 0) is 6.42 Å². The molecule has 0 saturated heterocycles. The zero-order chi connectivity index (χ0) is 24.5. The van der Waals surface area contributed by atoms with E-state index in [0.717, 1.165) is 40.1 Å². The van der Waals surface area contributed by atoms with Gasteiger partial charge in [-0.3, -0.25) is 4.90 Å². The monoisotopic (exact) mass is 484 g/mol. The van der Waals surface area contributed by atoms with E-state index in [9.17, 15) is 4.39 Å². The van der Waals surface area contributed by atoms with Crippen molar-refractivity contribution in [2.45, 2.75) is 33.2 Å². The molecular formula is C28H25FN4OS. The molecule has 0 fully saturated rings. The van der Waals surface area contributed by atoms with Gasteiger partial charge in [0.25, 0.3) is 5.89 Å². The number of nitrogens with one attached hydrogen (secondary N) is 1. The molecule has 1 aromatic heterocycles. The number of aromatic nitrogens is 2. The Bertz CT molecular complexity index is 1430. The molecule has 1 aliphatic heterocycles. The fourth-order valence-electron chi connectivity index (χ4n) is 4.38. The lowest BCUT2D eigenvalue weighted by molar-refractivity contribution is 0.404. The molecule has 7 heteroatoms. The molecule has 1 N–H and O–H groups in total. The second kappa shape index (κ2) is 9.43. The molecule has 0 aliphatic carbocycles. The number of benzene rings is 3. The van der Waals surface area contributed by atoms with Gasteiger partial charge in [-0.2, -0.15) is 4.98 Å². The molecule has 4 aromatic rings.